The average molecular weight is 148 g/mol. The minimum atomic E-state index is 0.758. The number of aryl methyl sites for hydroxylation is 1. The highest BCUT2D eigenvalue weighted by Crippen LogP contribution is 2.08. The maximum atomic E-state index is 5.41. The van der Waals surface area contributed by atoms with Crippen molar-refractivity contribution in [2.75, 3.05) is 6.54 Å². The van der Waals surface area contributed by atoms with Gasteiger partial charge >= 0.3 is 0 Å². The molecular formula is C10H14N. The summed E-state index contributed by atoms with van der Waals surface area (Å²) in [6, 6.07) is 8.19. The molecule has 0 saturated carbocycles. The lowest BCUT2D eigenvalue weighted by Crippen LogP contribution is -2.01. The van der Waals surface area contributed by atoms with Crippen LogP contribution in [0.25, 0.3) is 0 Å². The van der Waals surface area contributed by atoms with Crippen LogP contribution in [0.4, 0.5) is 0 Å². The fourth-order valence-electron chi connectivity index (χ4n) is 1.09. The van der Waals surface area contributed by atoms with E-state index in [4.69, 9.17) is 5.73 Å². The van der Waals surface area contributed by atoms with Crippen LogP contribution in [0.1, 0.15) is 17.5 Å². The van der Waals surface area contributed by atoms with Gasteiger partial charge in [-0.05, 0) is 37.4 Å². The number of rotatable bonds is 3. The molecule has 59 valence electrons. The van der Waals surface area contributed by atoms with Gasteiger partial charge in [0.1, 0.15) is 0 Å². The van der Waals surface area contributed by atoms with Gasteiger partial charge in [0.05, 0.1) is 0 Å². The summed E-state index contributed by atoms with van der Waals surface area (Å²) in [4.78, 5) is 0. The highest BCUT2D eigenvalue weighted by molar-refractivity contribution is 5.29. The van der Waals surface area contributed by atoms with Gasteiger partial charge in [-0.2, -0.15) is 0 Å². The van der Waals surface area contributed by atoms with Gasteiger partial charge in [0, 0.05) is 0 Å². The second kappa shape index (κ2) is 4.14. The van der Waals surface area contributed by atoms with Crippen molar-refractivity contribution in [2.24, 2.45) is 5.73 Å². The molecule has 0 bridgehead atoms. The Bertz CT molecular complexity index is 218. The molecule has 11 heavy (non-hydrogen) atoms. The van der Waals surface area contributed by atoms with E-state index in [1.165, 1.54) is 5.56 Å². The molecule has 1 nitrogen and oxygen atoms in total. The molecule has 0 aliphatic carbocycles. The molecule has 2 N–H and O–H groups in total. The van der Waals surface area contributed by atoms with Crippen molar-refractivity contribution in [3.63, 3.8) is 0 Å². The van der Waals surface area contributed by atoms with E-state index in [1.807, 2.05) is 18.2 Å². The zero-order valence-corrected chi connectivity index (χ0v) is 6.72. The third kappa shape index (κ3) is 2.35. The number of hydrogen-bond donors (Lipinski definition) is 1. The summed E-state index contributed by atoms with van der Waals surface area (Å²) in [5.74, 6) is 0. The zero-order valence-electron chi connectivity index (χ0n) is 6.72. The molecule has 0 atom stereocenters. The number of nitrogens with two attached hydrogens (primary N) is 1. The quantitative estimate of drug-likeness (QED) is 0.694. The van der Waals surface area contributed by atoms with Crippen molar-refractivity contribution in [3.05, 3.63) is 42.3 Å². The lowest BCUT2D eigenvalue weighted by molar-refractivity contribution is 0.830. The van der Waals surface area contributed by atoms with E-state index in [1.54, 1.807) is 0 Å². The third-order valence-electron chi connectivity index (χ3n) is 1.77. The molecule has 0 unspecified atom stereocenters. The van der Waals surface area contributed by atoms with Gasteiger partial charge in [0.15, 0.2) is 0 Å². The number of hydrogen-bond acceptors (Lipinski definition) is 1. The highest BCUT2D eigenvalue weighted by Gasteiger charge is 1.94. The largest absolute Gasteiger partial charge is 0.330 e. The maximum Gasteiger partial charge on any atom is -0.00741 e. The predicted molar refractivity (Wildman–Crippen MR) is 48.3 cm³/mol. The molecule has 0 amide bonds. The molecule has 1 rings (SSSR count). The van der Waals surface area contributed by atoms with Crippen molar-refractivity contribution in [2.45, 2.75) is 12.8 Å². The molecule has 0 fully saturated rings. The van der Waals surface area contributed by atoms with E-state index in [-0.39, 0.29) is 0 Å². The van der Waals surface area contributed by atoms with E-state index in [0.29, 0.717) is 0 Å². The molecule has 0 aromatic heterocycles. The average Bonchev–Trinajstić information content (AvgIpc) is 2.03. The van der Waals surface area contributed by atoms with Crippen LogP contribution in [0.15, 0.2) is 24.3 Å². The Balaban J connectivity index is 2.62. The van der Waals surface area contributed by atoms with Crippen LogP contribution >= 0.6 is 0 Å². The topological polar surface area (TPSA) is 26.0 Å². The Morgan fingerprint density at radius 3 is 2.64 bits per heavy atom. The lowest BCUT2D eigenvalue weighted by Gasteiger charge is -2.02. The van der Waals surface area contributed by atoms with E-state index in [9.17, 15) is 0 Å². The van der Waals surface area contributed by atoms with Crippen LogP contribution in [0, 0.1) is 6.92 Å². The number of benzene rings is 1. The van der Waals surface area contributed by atoms with Crippen molar-refractivity contribution in [1.29, 1.82) is 0 Å². The van der Waals surface area contributed by atoms with E-state index in [0.717, 1.165) is 24.9 Å². The van der Waals surface area contributed by atoms with Crippen molar-refractivity contribution in [3.8, 4) is 0 Å². The molecule has 0 aliphatic heterocycles. The predicted octanol–water partition coefficient (Wildman–Crippen LogP) is 1.76. The molecule has 1 aromatic carbocycles. The van der Waals surface area contributed by atoms with Crippen molar-refractivity contribution >= 4 is 0 Å². The first-order valence-corrected chi connectivity index (χ1v) is 3.94. The summed E-state index contributed by atoms with van der Waals surface area (Å²) < 4.78 is 0. The van der Waals surface area contributed by atoms with Crippen LogP contribution in [0.3, 0.4) is 0 Å². The normalized spacial score (nSPS) is 10.0. The second-order valence-electron chi connectivity index (χ2n) is 2.66. The Labute approximate surface area is 68.2 Å². The van der Waals surface area contributed by atoms with Crippen molar-refractivity contribution < 1.29 is 0 Å². The smallest absolute Gasteiger partial charge is 0.00741 e. The molecule has 0 spiro atoms. The first-order chi connectivity index (χ1) is 5.34. The van der Waals surface area contributed by atoms with Gasteiger partial charge < -0.3 is 5.73 Å². The SMILES string of the molecule is [CH2]c1ccccc1CCCN. The molecule has 0 aliphatic rings. The van der Waals surface area contributed by atoms with Gasteiger partial charge in [-0.15, -0.1) is 0 Å². The Morgan fingerprint density at radius 1 is 1.27 bits per heavy atom. The summed E-state index contributed by atoms with van der Waals surface area (Å²) in [7, 11) is 0. The molecular weight excluding hydrogens is 134 g/mol. The summed E-state index contributed by atoms with van der Waals surface area (Å²) in [6.45, 7) is 4.69. The van der Waals surface area contributed by atoms with Crippen LogP contribution in [-0.2, 0) is 6.42 Å². The van der Waals surface area contributed by atoms with Gasteiger partial charge in [0.2, 0.25) is 0 Å². The zero-order chi connectivity index (χ0) is 8.10. The molecule has 0 heterocycles. The third-order valence-corrected chi connectivity index (χ3v) is 1.77. The van der Waals surface area contributed by atoms with Crippen LogP contribution in [0.5, 0.6) is 0 Å². The minimum absolute atomic E-state index is 0.758. The Morgan fingerprint density at radius 2 is 2.00 bits per heavy atom. The molecule has 1 heteroatoms. The fraction of sp³-hybridized carbons (Fsp3) is 0.300. The van der Waals surface area contributed by atoms with Gasteiger partial charge in [-0.3, -0.25) is 0 Å². The van der Waals surface area contributed by atoms with E-state index >= 15 is 0 Å². The monoisotopic (exact) mass is 148 g/mol. The van der Waals surface area contributed by atoms with Gasteiger partial charge in [-0.1, -0.05) is 24.3 Å². The van der Waals surface area contributed by atoms with Crippen LogP contribution in [0.2, 0.25) is 0 Å². The van der Waals surface area contributed by atoms with E-state index in [2.05, 4.69) is 13.0 Å². The molecule has 1 aromatic rings. The molecule has 0 saturated heterocycles. The van der Waals surface area contributed by atoms with Gasteiger partial charge in [0.25, 0.3) is 0 Å². The fourth-order valence-corrected chi connectivity index (χ4v) is 1.09. The lowest BCUT2D eigenvalue weighted by atomic mass is 10.0. The summed E-state index contributed by atoms with van der Waals surface area (Å²) in [5, 5.41) is 0. The summed E-state index contributed by atoms with van der Waals surface area (Å²) >= 11 is 0. The highest BCUT2D eigenvalue weighted by atomic mass is 14.5. The minimum Gasteiger partial charge on any atom is -0.330 e. The standard InChI is InChI=1S/C10H14N/c1-9-5-2-3-6-10(9)7-4-8-11/h2-3,5-6H,1,4,7-8,11H2. The Hall–Kier alpha value is -0.820. The van der Waals surface area contributed by atoms with Gasteiger partial charge in [-0.25, -0.2) is 0 Å². The van der Waals surface area contributed by atoms with E-state index < -0.39 is 0 Å². The Kier molecular flexibility index (Phi) is 3.12. The summed E-state index contributed by atoms with van der Waals surface area (Å²) in [5.41, 5.74) is 7.85. The van der Waals surface area contributed by atoms with Crippen molar-refractivity contribution in [1.82, 2.24) is 0 Å². The summed E-state index contributed by atoms with van der Waals surface area (Å²) in [6.07, 6.45) is 2.10. The molecule has 1 radical (unpaired) electrons. The first kappa shape index (κ1) is 8.28. The maximum absolute atomic E-state index is 5.41. The second-order valence-corrected chi connectivity index (χ2v) is 2.66. The van der Waals surface area contributed by atoms with Crippen LogP contribution < -0.4 is 5.73 Å². The first-order valence-electron chi connectivity index (χ1n) is 3.94. The van der Waals surface area contributed by atoms with Crippen LogP contribution in [-0.4, -0.2) is 6.54 Å².